The average Bonchev–Trinajstić information content (AvgIpc) is 2.37. The van der Waals surface area contributed by atoms with Crippen molar-refractivity contribution in [3.63, 3.8) is 0 Å². The molecule has 1 amide bonds. The van der Waals surface area contributed by atoms with Crippen LogP contribution >= 0.6 is 15.9 Å². The fourth-order valence-corrected chi connectivity index (χ4v) is 2.00. The van der Waals surface area contributed by atoms with Gasteiger partial charge in [-0.3, -0.25) is 4.79 Å². The normalized spacial score (nSPS) is 13.1. The van der Waals surface area contributed by atoms with Crippen molar-refractivity contribution in [1.29, 1.82) is 0 Å². The third-order valence-corrected chi connectivity index (χ3v) is 3.05. The highest BCUT2D eigenvalue weighted by Gasteiger charge is 2.20. The highest BCUT2D eigenvalue weighted by Crippen LogP contribution is 2.11. The van der Waals surface area contributed by atoms with Crippen molar-refractivity contribution >= 4 is 27.7 Å². The summed E-state index contributed by atoms with van der Waals surface area (Å²) >= 11 is 3.36. The lowest BCUT2D eigenvalue weighted by atomic mass is 10.0. The van der Waals surface area contributed by atoms with Gasteiger partial charge in [-0.05, 0) is 24.1 Å². The first-order valence-corrected chi connectivity index (χ1v) is 6.37. The molecule has 0 radical (unpaired) electrons. The van der Waals surface area contributed by atoms with Gasteiger partial charge in [0.1, 0.15) is 0 Å². The molecule has 0 fully saturated rings. The van der Waals surface area contributed by atoms with Gasteiger partial charge in [-0.25, -0.2) is 0 Å². The quantitative estimate of drug-likeness (QED) is 0.335. The van der Waals surface area contributed by atoms with Crippen molar-refractivity contribution in [3.8, 4) is 0 Å². The average molecular weight is 314 g/mol. The van der Waals surface area contributed by atoms with Gasteiger partial charge >= 0.3 is 0 Å². The van der Waals surface area contributed by atoms with Crippen LogP contribution in [0.4, 0.5) is 0 Å². The molecule has 0 saturated carbocycles. The van der Waals surface area contributed by atoms with Gasteiger partial charge in [0.15, 0.2) is 5.84 Å². The molecule has 1 unspecified atom stereocenters. The second kappa shape index (κ2) is 7.00. The molecule has 0 aliphatic rings. The molecule has 6 heteroatoms. The number of hydrogen-bond acceptors (Lipinski definition) is 3. The van der Waals surface area contributed by atoms with Gasteiger partial charge in [0, 0.05) is 11.0 Å². The number of hydrogen-bond donors (Lipinski definition) is 3. The Labute approximate surface area is 114 Å². The number of nitrogens with one attached hydrogen (secondary N) is 1. The number of oxime groups is 1. The van der Waals surface area contributed by atoms with E-state index in [1.54, 1.807) is 6.92 Å². The van der Waals surface area contributed by atoms with E-state index in [9.17, 15) is 4.79 Å². The Bertz CT molecular complexity index is 449. The molecular formula is C12H16BrN3O2. The van der Waals surface area contributed by atoms with E-state index < -0.39 is 5.92 Å². The number of nitrogens with two attached hydrogens (primary N) is 1. The lowest BCUT2D eigenvalue weighted by Gasteiger charge is -2.13. The first-order valence-electron chi connectivity index (χ1n) is 5.58. The number of rotatable bonds is 5. The summed E-state index contributed by atoms with van der Waals surface area (Å²) in [6, 6.07) is 7.64. The fourth-order valence-electron chi connectivity index (χ4n) is 1.56. The Hall–Kier alpha value is -1.56. The highest BCUT2D eigenvalue weighted by atomic mass is 79.9. The van der Waals surface area contributed by atoms with Gasteiger partial charge < -0.3 is 16.3 Å². The Morgan fingerprint density at radius 1 is 1.61 bits per heavy atom. The summed E-state index contributed by atoms with van der Waals surface area (Å²) in [4.78, 5) is 11.8. The highest BCUT2D eigenvalue weighted by molar-refractivity contribution is 9.10. The number of carbonyl (C=O) groups excluding carboxylic acids is 1. The van der Waals surface area contributed by atoms with Gasteiger partial charge in [-0.1, -0.05) is 40.1 Å². The van der Waals surface area contributed by atoms with E-state index in [4.69, 9.17) is 10.9 Å². The Balaban J connectivity index is 2.60. The minimum Gasteiger partial charge on any atom is -0.409 e. The van der Waals surface area contributed by atoms with Crippen molar-refractivity contribution in [3.05, 3.63) is 34.3 Å². The molecule has 1 aromatic carbocycles. The number of amidine groups is 1. The molecule has 0 aromatic heterocycles. The maximum atomic E-state index is 11.8. The second-order valence-corrected chi connectivity index (χ2v) is 4.75. The van der Waals surface area contributed by atoms with E-state index in [0.717, 1.165) is 10.0 Å². The van der Waals surface area contributed by atoms with E-state index >= 15 is 0 Å². The van der Waals surface area contributed by atoms with Crippen LogP contribution in [0.1, 0.15) is 18.9 Å². The summed E-state index contributed by atoms with van der Waals surface area (Å²) in [5, 5.41) is 14.2. The van der Waals surface area contributed by atoms with E-state index in [1.807, 2.05) is 24.3 Å². The number of carbonyl (C=O) groups is 1. The standard InChI is InChI=1S/C12H16BrN3O2/c1-2-10(11(14)16-18)12(17)15-7-8-4-3-5-9(13)6-8/h3-6,10,18H,2,7H2,1H3,(H2,14,16)(H,15,17). The molecule has 18 heavy (non-hydrogen) atoms. The van der Waals surface area contributed by atoms with Crippen LogP contribution in [0.5, 0.6) is 0 Å². The van der Waals surface area contributed by atoms with Crippen LogP contribution < -0.4 is 11.1 Å². The Morgan fingerprint density at radius 3 is 2.89 bits per heavy atom. The minimum atomic E-state index is -0.595. The van der Waals surface area contributed by atoms with Crippen molar-refractivity contribution in [2.24, 2.45) is 16.8 Å². The Morgan fingerprint density at radius 2 is 2.33 bits per heavy atom. The predicted octanol–water partition coefficient (Wildman–Crippen LogP) is 1.84. The molecule has 1 atom stereocenters. The zero-order valence-corrected chi connectivity index (χ0v) is 11.6. The molecule has 0 spiro atoms. The summed E-state index contributed by atoms with van der Waals surface area (Å²) in [5.41, 5.74) is 6.43. The maximum Gasteiger partial charge on any atom is 0.231 e. The second-order valence-electron chi connectivity index (χ2n) is 3.83. The maximum absolute atomic E-state index is 11.8. The third kappa shape index (κ3) is 4.03. The monoisotopic (exact) mass is 313 g/mol. The molecule has 1 rings (SSSR count). The molecule has 0 heterocycles. The van der Waals surface area contributed by atoms with Crippen LogP contribution in [-0.4, -0.2) is 17.0 Å². The molecule has 98 valence electrons. The molecule has 0 bridgehead atoms. The number of amides is 1. The first-order chi connectivity index (χ1) is 8.58. The molecule has 0 aliphatic heterocycles. The molecule has 1 aromatic rings. The van der Waals surface area contributed by atoms with Gasteiger partial charge in [0.05, 0.1) is 5.92 Å². The summed E-state index contributed by atoms with van der Waals surface area (Å²) in [5.74, 6) is -0.904. The molecule has 4 N–H and O–H groups in total. The van der Waals surface area contributed by atoms with Gasteiger partial charge in [-0.2, -0.15) is 0 Å². The number of nitrogens with zero attached hydrogens (tertiary/aromatic N) is 1. The zero-order valence-electron chi connectivity index (χ0n) is 10.1. The summed E-state index contributed by atoms with van der Waals surface area (Å²) in [6.07, 6.45) is 0.486. The minimum absolute atomic E-state index is 0.0655. The van der Waals surface area contributed by atoms with Crippen LogP contribution in [0.25, 0.3) is 0 Å². The predicted molar refractivity (Wildman–Crippen MR) is 73.2 cm³/mol. The lowest BCUT2D eigenvalue weighted by Crippen LogP contribution is -2.38. The topological polar surface area (TPSA) is 87.7 Å². The van der Waals surface area contributed by atoms with Crippen molar-refractivity contribution in [2.75, 3.05) is 0 Å². The van der Waals surface area contributed by atoms with E-state index in [2.05, 4.69) is 26.4 Å². The fraction of sp³-hybridized carbons (Fsp3) is 0.333. The SMILES string of the molecule is CCC(C(=O)NCc1cccc(Br)c1)C(N)=NO. The number of halogens is 1. The van der Waals surface area contributed by atoms with Crippen molar-refractivity contribution in [2.45, 2.75) is 19.9 Å². The lowest BCUT2D eigenvalue weighted by molar-refractivity contribution is -0.123. The van der Waals surface area contributed by atoms with Gasteiger partial charge in [0.2, 0.25) is 5.91 Å². The molecule has 0 saturated heterocycles. The summed E-state index contributed by atoms with van der Waals surface area (Å²) in [6.45, 7) is 2.22. The largest absolute Gasteiger partial charge is 0.409 e. The number of benzene rings is 1. The molecule has 0 aliphatic carbocycles. The van der Waals surface area contributed by atoms with E-state index in [1.165, 1.54) is 0 Å². The van der Waals surface area contributed by atoms with Crippen LogP contribution in [0.3, 0.4) is 0 Å². The van der Waals surface area contributed by atoms with Gasteiger partial charge in [0.25, 0.3) is 0 Å². The van der Waals surface area contributed by atoms with Crippen LogP contribution in [0.15, 0.2) is 33.9 Å². The summed E-state index contributed by atoms with van der Waals surface area (Å²) in [7, 11) is 0. The van der Waals surface area contributed by atoms with Crippen molar-refractivity contribution in [1.82, 2.24) is 5.32 Å². The van der Waals surface area contributed by atoms with Gasteiger partial charge in [-0.15, -0.1) is 0 Å². The van der Waals surface area contributed by atoms with Crippen molar-refractivity contribution < 1.29 is 10.0 Å². The summed E-state index contributed by atoms with van der Waals surface area (Å²) < 4.78 is 0.956. The van der Waals surface area contributed by atoms with Crippen LogP contribution in [-0.2, 0) is 11.3 Å². The molecular weight excluding hydrogens is 298 g/mol. The van der Waals surface area contributed by atoms with Crippen LogP contribution in [0.2, 0.25) is 0 Å². The smallest absolute Gasteiger partial charge is 0.231 e. The molecule has 5 nitrogen and oxygen atoms in total. The van der Waals surface area contributed by atoms with E-state index in [-0.39, 0.29) is 11.7 Å². The first kappa shape index (κ1) is 14.5. The van der Waals surface area contributed by atoms with Crippen LogP contribution in [0, 0.1) is 5.92 Å². The zero-order chi connectivity index (χ0) is 13.5. The third-order valence-electron chi connectivity index (χ3n) is 2.55. The Kier molecular flexibility index (Phi) is 5.64. The van der Waals surface area contributed by atoms with E-state index in [0.29, 0.717) is 13.0 Å².